The van der Waals surface area contributed by atoms with Crippen LogP contribution < -0.4 is 0 Å². The Hall–Kier alpha value is -0.610. The number of hydrogen-bond acceptors (Lipinski definition) is 3. The first kappa shape index (κ1) is 10.5. The van der Waals surface area contributed by atoms with Crippen LogP contribution in [0.3, 0.4) is 0 Å². The fourth-order valence-corrected chi connectivity index (χ4v) is 4.34. The Bertz CT molecular complexity index is 304. The van der Waals surface area contributed by atoms with E-state index in [9.17, 15) is 4.79 Å². The maximum Gasteiger partial charge on any atom is 0.303 e. The van der Waals surface area contributed by atoms with E-state index in [1.165, 1.54) is 0 Å². The number of aliphatic carboxylic acids is 1. The molecule has 4 saturated heterocycles. The molecule has 3 atom stereocenters. The third kappa shape index (κ3) is 1.39. The number of carbonyl (C=O) groups is 1. The molecule has 16 heavy (non-hydrogen) atoms. The maximum absolute atomic E-state index is 11.0. The van der Waals surface area contributed by atoms with E-state index in [0.29, 0.717) is 18.3 Å². The van der Waals surface area contributed by atoms with Gasteiger partial charge in [0.05, 0.1) is 6.67 Å². The van der Waals surface area contributed by atoms with Gasteiger partial charge in [-0.25, -0.2) is 0 Å². The highest BCUT2D eigenvalue weighted by molar-refractivity contribution is 5.67. The lowest BCUT2D eigenvalue weighted by Gasteiger charge is -2.63. The van der Waals surface area contributed by atoms with E-state index >= 15 is 0 Å². The summed E-state index contributed by atoms with van der Waals surface area (Å²) in [5, 5.41) is 9.08. The minimum atomic E-state index is -0.615. The molecule has 4 heteroatoms. The van der Waals surface area contributed by atoms with Crippen molar-refractivity contribution >= 4 is 5.97 Å². The van der Waals surface area contributed by atoms with Crippen molar-refractivity contribution in [2.75, 3.05) is 32.8 Å². The first-order valence-electron chi connectivity index (χ1n) is 6.29. The molecule has 4 aliphatic heterocycles. The Balaban J connectivity index is 1.89. The number of piperidine rings is 2. The lowest BCUT2D eigenvalue weighted by Crippen LogP contribution is -2.71. The first-order chi connectivity index (χ1) is 7.63. The van der Waals surface area contributed by atoms with E-state index in [-0.39, 0.29) is 5.41 Å². The molecular weight excluding hydrogens is 204 g/mol. The molecule has 4 rings (SSSR count). The van der Waals surface area contributed by atoms with E-state index in [4.69, 9.17) is 5.11 Å². The van der Waals surface area contributed by atoms with Crippen LogP contribution in [0.4, 0.5) is 0 Å². The summed E-state index contributed by atoms with van der Waals surface area (Å²) in [7, 11) is 0. The molecule has 0 aromatic carbocycles. The average Bonchev–Trinajstić information content (AvgIpc) is 2.22. The summed E-state index contributed by atoms with van der Waals surface area (Å²) in [6.07, 6.45) is 1.49. The van der Waals surface area contributed by atoms with Crippen LogP contribution in [0.15, 0.2) is 0 Å². The van der Waals surface area contributed by atoms with Crippen LogP contribution in [0.1, 0.15) is 19.8 Å². The summed E-state index contributed by atoms with van der Waals surface area (Å²) < 4.78 is 0. The third-order valence-corrected chi connectivity index (χ3v) is 4.92. The van der Waals surface area contributed by atoms with Crippen molar-refractivity contribution in [3.8, 4) is 0 Å². The standard InChI is InChI=1S/C12H20N2O2/c1-2-12-6-13-4-9(5-14(7-12)8-13)10(12)3-11(15)16/h9-10H,2-8H2,1H3,(H,15,16). The number of nitrogens with zero attached hydrogens (tertiary/aromatic N) is 2. The molecule has 4 heterocycles. The molecule has 0 spiro atoms. The van der Waals surface area contributed by atoms with Gasteiger partial charge in [-0.05, 0) is 23.7 Å². The van der Waals surface area contributed by atoms with Gasteiger partial charge in [0, 0.05) is 32.6 Å². The van der Waals surface area contributed by atoms with Crippen molar-refractivity contribution < 1.29 is 9.90 Å². The predicted molar refractivity (Wildman–Crippen MR) is 60.0 cm³/mol. The summed E-state index contributed by atoms with van der Waals surface area (Å²) in [6, 6.07) is 0. The molecule has 4 aliphatic rings. The topological polar surface area (TPSA) is 43.8 Å². The van der Waals surface area contributed by atoms with Gasteiger partial charge in [-0.1, -0.05) is 6.92 Å². The Morgan fingerprint density at radius 2 is 2.00 bits per heavy atom. The van der Waals surface area contributed by atoms with Gasteiger partial charge in [-0.2, -0.15) is 0 Å². The molecule has 4 bridgehead atoms. The first-order valence-corrected chi connectivity index (χ1v) is 6.29. The van der Waals surface area contributed by atoms with Crippen molar-refractivity contribution in [3.05, 3.63) is 0 Å². The van der Waals surface area contributed by atoms with E-state index < -0.39 is 5.97 Å². The van der Waals surface area contributed by atoms with E-state index in [0.717, 1.165) is 39.3 Å². The molecule has 4 fully saturated rings. The molecule has 0 aromatic rings. The summed E-state index contributed by atoms with van der Waals surface area (Å²) in [6.45, 7) is 7.82. The number of carboxylic acid groups (broad SMARTS) is 1. The Morgan fingerprint density at radius 3 is 2.50 bits per heavy atom. The Morgan fingerprint density at radius 1 is 1.38 bits per heavy atom. The summed E-state index contributed by atoms with van der Waals surface area (Å²) in [4.78, 5) is 16.0. The zero-order valence-electron chi connectivity index (χ0n) is 9.85. The van der Waals surface area contributed by atoms with Crippen molar-refractivity contribution in [2.24, 2.45) is 17.3 Å². The fourth-order valence-electron chi connectivity index (χ4n) is 4.34. The van der Waals surface area contributed by atoms with Crippen molar-refractivity contribution in [3.63, 3.8) is 0 Å². The average molecular weight is 224 g/mol. The van der Waals surface area contributed by atoms with Gasteiger partial charge in [0.25, 0.3) is 0 Å². The molecule has 0 saturated carbocycles. The summed E-state index contributed by atoms with van der Waals surface area (Å²) in [5.41, 5.74) is 0.262. The fraction of sp³-hybridized carbons (Fsp3) is 0.917. The van der Waals surface area contributed by atoms with E-state index in [2.05, 4.69) is 16.7 Å². The van der Waals surface area contributed by atoms with E-state index in [1.807, 2.05) is 0 Å². The van der Waals surface area contributed by atoms with Crippen molar-refractivity contribution in [1.29, 1.82) is 0 Å². The monoisotopic (exact) mass is 224 g/mol. The van der Waals surface area contributed by atoms with E-state index in [1.54, 1.807) is 0 Å². The van der Waals surface area contributed by atoms with Crippen molar-refractivity contribution in [1.82, 2.24) is 9.80 Å². The van der Waals surface area contributed by atoms with Crippen molar-refractivity contribution in [2.45, 2.75) is 19.8 Å². The predicted octanol–water partition coefficient (Wildman–Crippen LogP) is 0.692. The smallest absolute Gasteiger partial charge is 0.303 e. The van der Waals surface area contributed by atoms with Crippen LogP contribution in [0.25, 0.3) is 0 Å². The van der Waals surface area contributed by atoms with Gasteiger partial charge >= 0.3 is 5.97 Å². The molecule has 0 radical (unpaired) electrons. The van der Waals surface area contributed by atoms with Crippen LogP contribution in [0.5, 0.6) is 0 Å². The molecule has 90 valence electrons. The largest absolute Gasteiger partial charge is 0.481 e. The third-order valence-electron chi connectivity index (χ3n) is 4.92. The van der Waals surface area contributed by atoms with Crippen LogP contribution in [-0.4, -0.2) is 53.7 Å². The zero-order chi connectivity index (χ0) is 11.3. The molecule has 0 aliphatic carbocycles. The molecule has 0 amide bonds. The van der Waals surface area contributed by atoms with Gasteiger partial charge in [-0.3, -0.25) is 14.6 Å². The van der Waals surface area contributed by atoms with Gasteiger partial charge in [0.2, 0.25) is 0 Å². The number of rotatable bonds is 3. The SMILES string of the molecule is CCC12CN3CC(CN(C3)C1)C2CC(=O)O. The zero-order valence-corrected chi connectivity index (χ0v) is 9.85. The maximum atomic E-state index is 11.0. The highest BCUT2D eigenvalue weighted by Crippen LogP contribution is 2.50. The highest BCUT2D eigenvalue weighted by atomic mass is 16.4. The van der Waals surface area contributed by atoms with Crippen LogP contribution in [-0.2, 0) is 4.79 Å². The van der Waals surface area contributed by atoms with Gasteiger partial charge < -0.3 is 5.11 Å². The molecular formula is C12H20N2O2. The second-order valence-electron chi connectivity index (χ2n) is 5.84. The Kier molecular flexibility index (Phi) is 2.27. The van der Waals surface area contributed by atoms with Crippen LogP contribution in [0, 0.1) is 17.3 Å². The normalized spacial score (nSPS) is 49.6. The lowest BCUT2D eigenvalue weighted by molar-refractivity contribution is -0.173. The number of hydrogen-bond donors (Lipinski definition) is 1. The van der Waals surface area contributed by atoms with Crippen LogP contribution >= 0.6 is 0 Å². The van der Waals surface area contributed by atoms with Crippen LogP contribution in [0.2, 0.25) is 0 Å². The summed E-state index contributed by atoms with van der Waals surface area (Å²) >= 11 is 0. The van der Waals surface area contributed by atoms with Gasteiger partial charge in [0.1, 0.15) is 0 Å². The second-order valence-corrected chi connectivity index (χ2v) is 5.84. The molecule has 0 aromatic heterocycles. The number of carboxylic acids is 1. The minimum absolute atomic E-state index is 0.262. The molecule has 3 unspecified atom stereocenters. The Labute approximate surface area is 96.2 Å². The molecule has 4 nitrogen and oxygen atoms in total. The quantitative estimate of drug-likeness (QED) is 0.766. The van der Waals surface area contributed by atoms with Gasteiger partial charge in [0.15, 0.2) is 0 Å². The second kappa shape index (κ2) is 3.44. The summed E-state index contributed by atoms with van der Waals surface area (Å²) in [5.74, 6) is 0.380. The highest BCUT2D eigenvalue weighted by Gasteiger charge is 2.55. The lowest BCUT2D eigenvalue weighted by atomic mass is 9.59. The minimum Gasteiger partial charge on any atom is -0.481 e. The van der Waals surface area contributed by atoms with Gasteiger partial charge in [-0.15, -0.1) is 0 Å². The molecule has 1 N–H and O–H groups in total.